The lowest BCUT2D eigenvalue weighted by Crippen LogP contribution is -2.06. The number of halogens is 2. The van der Waals surface area contributed by atoms with Gasteiger partial charge >= 0.3 is 0 Å². The fraction of sp³-hybridized carbons (Fsp3) is 0.375. The molecule has 0 radical (unpaired) electrons. The van der Waals surface area contributed by atoms with Gasteiger partial charge in [-0.15, -0.1) is 0 Å². The molecule has 0 amide bonds. The molecule has 0 aliphatic rings. The minimum Gasteiger partial charge on any atom is -0.397 e. The molecular weight excluding hydrogens is 176 g/mol. The molecular formula is C8H11F2N3. The van der Waals surface area contributed by atoms with Crippen LogP contribution in [-0.2, 0) is 6.54 Å². The molecule has 1 heterocycles. The number of rotatable bonds is 2. The molecule has 1 aromatic heterocycles. The Kier molecular flexibility index (Phi) is 2.77. The highest BCUT2D eigenvalue weighted by atomic mass is 19.3. The Hall–Kier alpha value is -1.23. The van der Waals surface area contributed by atoms with E-state index in [1.807, 2.05) is 0 Å². The third-order valence-electron chi connectivity index (χ3n) is 1.80. The Labute approximate surface area is 74.8 Å². The smallest absolute Gasteiger partial charge is 0.282 e. The van der Waals surface area contributed by atoms with Gasteiger partial charge in [0.2, 0.25) is 0 Å². The van der Waals surface area contributed by atoms with Crippen molar-refractivity contribution in [1.29, 1.82) is 0 Å². The van der Waals surface area contributed by atoms with E-state index in [2.05, 4.69) is 4.98 Å². The zero-order valence-corrected chi connectivity index (χ0v) is 7.22. The first-order valence-electron chi connectivity index (χ1n) is 3.80. The van der Waals surface area contributed by atoms with Gasteiger partial charge in [0, 0.05) is 12.2 Å². The van der Waals surface area contributed by atoms with Crippen molar-refractivity contribution in [1.82, 2.24) is 4.98 Å². The summed E-state index contributed by atoms with van der Waals surface area (Å²) in [5, 5.41) is 0. The van der Waals surface area contributed by atoms with Gasteiger partial charge in [0.1, 0.15) is 5.69 Å². The summed E-state index contributed by atoms with van der Waals surface area (Å²) in [4.78, 5) is 3.69. The second-order valence-electron chi connectivity index (χ2n) is 2.71. The van der Waals surface area contributed by atoms with Crippen LogP contribution in [0.1, 0.15) is 23.4 Å². The number of pyridine rings is 1. The number of aromatic nitrogens is 1. The molecule has 0 fully saturated rings. The molecule has 5 heteroatoms. The average Bonchev–Trinajstić information content (AvgIpc) is 2.07. The molecule has 1 rings (SSSR count). The van der Waals surface area contributed by atoms with Crippen LogP contribution in [0.2, 0.25) is 0 Å². The van der Waals surface area contributed by atoms with Gasteiger partial charge in [-0.2, -0.15) is 0 Å². The van der Waals surface area contributed by atoms with Crippen LogP contribution in [0.3, 0.4) is 0 Å². The monoisotopic (exact) mass is 187 g/mol. The highest BCUT2D eigenvalue weighted by molar-refractivity contribution is 5.47. The van der Waals surface area contributed by atoms with Crippen molar-refractivity contribution < 1.29 is 8.78 Å². The zero-order chi connectivity index (χ0) is 10.0. The Morgan fingerprint density at radius 1 is 1.54 bits per heavy atom. The molecule has 0 atom stereocenters. The van der Waals surface area contributed by atoms with Crippen LogP contribution in [0.15, 0.2) is 6.07 Å². The highest BCUT2D eigenvalue weighted by Gasteiger charge is 2.14. The first kappa shape index (κ1) is 9.85. The number of nitrogen functional groups attached to an aromatic ring is 1. The summed E-state index contributed by atoms with van der Waals surface area (Å²) in [6, 6.07) is 1.45. The van der Waals surface area contributed by atoms with Crippen molar-refractivity contribution >= 4 is 5.69 Å². The lowest BCUT2D eigenvalue weighted by atomic mass is 10.1. The summed E-state index contributed by atoms with van der Waals surface area (Å²) in [5.74, 6) is 0. The number of hydrogen-bond acceptors (Lipinski definition) is 3. The van der Waals surface area contributed by atoms with E-state index in [1.54, 1.807) is 6.92 Å². The van der Waals surface area contributed by atoms with Gasteiger partial charge in [-0.05, 0) is 18.6 Å². The van der Waals surface area contributed by atoms with E-state index >= 15 is 0 Å². The SMILES string of the molecule is Cc1nc(C(F)F)c(N)cc1CN. The van der Waals surface area contributed by atoms with Crippen molar-refractivity contribution in [3.8, 4) is 0 Å². The van der Waals surface area contributed by atoms with Crippen LogP contribution in [-0.4, -0.2) is 4.98 Å². The molecule has 0 aliphatic carbocycles. The molecule has 72 valence electrons. The fourth-order valence-electron chi connectivity index (χ4n) is 1.06. The van der Waals surface area contributed by atoms with E-state index in [1.165, 1.54) is 6.07 Å². The molecule has 0 aliphatic heterocycles. The topological polar surface area (TPSA) is 64.9 Å². The molecule has 4 N–H and O–H groups in total. The van der Waals surface area contributed by atoms with E-state index in [0.29, 0.717) is 11.3 Å². The lowest BCUT2D eigenvalue weighted by molar-refractivity contribution is 0.147. The number of aryl methyl sites for hydroxylation is 1. The quantitative estimate of drug-likeness (QED) is 0.734. The van der Waals surface area contributed by atoms with Gasteiger partial charge in [0.05, 0.1) is 5.69 Å². The molecule has 0 bridgehead atoms. The number of hydrogen-bond donors (Lipinski definition) is 2. The largest absolute Gasteiger partial charge is 0.397 e. The standard InChI is InChI=1S/C8H11F2N3/c1-4-5(3-11)2-6(12)7(13-4)8(9)10/h2,8H,3,11-12H2,1H3. The first-order valence-corrected chi connectivity index (χ1v) is 3.80. The maximum Gasteiger partial charge on any atom is 0.282 e. The van der Waals surface area contributed by atoms with Crippen LogP contribution >= 0.6 is 0 Å². The Bertz CT molecular complexity index is 313. The molecule has 3 nitrogen and oxygen atoms in total. The van der Waals surface area contributed by atoms with E-state index in [4.69, 9.17) is 11.5 Å². The van der Waals surface area contributed by atoms with Gasteiger partial charge in [0.25, 0.3) is 6.43 Å². The Morgan fingerprint density at radius 2 is 2.15 bits per heavy atom. The molecule has 0 saturated heterocycles. The average molecular weight is 187 g/mol. The molecule has 0 spiro atoms. The number of alkyl halides is 2. The van der Waals surface area contributed by atoms with Crippen molar-refractivity contribution in [3.05, 3.63) is 23.0 Å². The maximum atomic E-state index is 12.3. The normalized spacial score (nSPS) is 10.8. The lowest BCUT2D eigenvalue weighted by Gasteiger charge is -2.08. The maximum absolute atomic E-state index is 12.3. The summed E-state index contributed by atoms with van der Waals surface area (Å²) in [7, 11) is 0. The molecule has 0 saturated carbocycles. The van der Waals surface area contributed by atoms with Crippen molar-refractivity contribution in [2.45, 2.75) is 19.9 Å². The third kappa shape index (κ3) is 1.92. The van der Waals surface area contributed by atoms with Crippen LogP contribution in [0, 0.1) is 6.92 Å². The summed E-state index contributed by atoms with van der Waals surface area (Å²) in [6.07, 6.45) is -2.63. The summed E-state index contributed by atoms with van der Waals surface area (Å²) >= 11 is 0. The second-order valence-corrected chi connectivity index (χ2v) is 2.71. The number of anilines is 1. The van der Waals surface area contributed by atoms with Crippen LogP contribution in [0.5, 0.6) is 0 Å². The van der Waals surface area contributed by atoms with E-state index in [9.17, 15) is 8.78 Å². The minimum atomic E-state index is -2.63. The predicted molar refractivity (Wildman–Crippen MR) is 46.2 cm³/mol. The Morgan fingerprint density at radius 3 is 2.62 bits per heavy atom. The van der Waals surface area contributed by atoms with E-state index in [-0.39, 0.29) is 17.9 Å². The summed E-state index contributed by atoms with van der Waals surface area (Å²) in [6.45, 7) is 1.89. The van der Waals surface area contributed by atoms with Crippen LogP contribution in [0.4, 0.5) is 14.5 Å². The van der Waals surface area contributed by atoms with Gasteiger partial charge in [-0.25, -0.2) is 13.8 Å². The molecule has 0 unspecified atom stereocenters. The van der Waals surface area contributed by atoms with Gasteiger partial charge in [-0.3, -0.25) is 0 Å². The third-order valence-corrected chi connectivity index (χ3v) is 1.80. The molecule has 1 aromatic rings. The minimum absolute atomic E-state index is 0.000972. The Balaban J connectivity index is 3.20. The highest BCUT2D eigenvalue weighted by Crippen LogP contribution is 2.24. The number of nitrogens with two attached hydrogens (primary N) is 2. The van der Waals surface area contributed by atoms with Crippen LogP contribution < -0.4 is 11.5 Å². The molecule has 13 heavy (non-hydrogen) atoms. The summed E-state index contributed by atoms with van der Waals surface area (Å²) < 4.78 is 24.5. The van der Waals surface area contributed by atoms with Crippen LogP contribution in [0.25, 0.3) is 0 Å². The van der Waals surface area contributed by atoms with Crippen molar-refractivity contribution in [3.63, 3.8) is 0 Å². The first-order chi connectivity index (χ1) is 6.06. The van der Waals surface area contributed by atoms with Crippen molar-refractivity contribution in [2.24, 2.45) is 5.73 Å². The van der Waals surface area contributed by atoms with E-state index in [0.717, 1.165) is 0 Å². The van der Waals surface area contributed by atoms with Gasteiger partial charge in [-0.1, -0.05) is 0 Å². The molecule has 0 aromatic carbocycles. The van der Waals surface area contributed by atoms with Gasteiger partial charge in [0.15, 0.2) is 0 Å². The number of nitrogens with zero attached hydrogens (tertiary/aromatic N) is 1. The second kappa shape index (κ2) is 3.66. The summed E-state index contributed by atoms with van der Waals surface area (Å²) in [5.41, 5.74) is 11.6. The zero-order valence-electron chi connectivity index (χ0n) is 7.22. The van der Waals surface area contributed by atoms with E-state index < -0.39 is 6.43 Å². The van der Waals surface area contributed by atoms with Gasteiger partial charge < -0.3 is 11.5 Å². The van der Waals surface area contributed by atoms with Crippen molar-refractivity contribution in [2.75, 3.05) is 5.73 Å². The fourth-order valence-corrected chi connectivity index (χ4v) is 1.06. The predicted octanol–water partition coefficient (Wildman–Crippen LogP) is 1.37.